The van der Waals surface area contributed by atoms with Crippen molar-refractivity contribution < 1.29 is 14.7 Å². The number of piperidine rings is 1. The van der Waals surface area contributed by atoms with Crippen molar-refractivity contribution in [2.45, 2.75) is 32.7 Å². The Morgan fingerprint density at radius 3 is 2.87 bits per heavy atom. The molecule has 1 aromatic heterocycles. The molecule has 1 N–H and O–H groups in total. The van der Waals surface area contributed by atoms with Gasteiger partial charge in [-0.15, -0.1) is 0 Å². The number of carbonyl (C=O) groups is 2. The molecule has 1 atom stereocenters. The molecule has 2 rings (SSSR count). The number of amides is 1. The van der Waals surface area contributed by atoms with Gasteiger partial charge in [-0.25, -0.2) is 0 Å². The second-order valence-electron chi connectivity index (χ2n) is 6.39. The minimum atomic E-state index is -0.791. The van der Waals surface area contributed by atoms with Crippen molar-refractivity contribution in [1.82, 2.24) is 14.8 Å². The van der Waals surface area contributed by atoms with Crippen LogP contribution in [0.3, 0.4) is 0 Å². The van der Waals surface area contributed by atoms with Crippen molar-refractivity contribution in [3.63, 3.8) is 0 Å². The number of hydrogen-bond donors (Lipinski definition) is 1. The predicted octanol–water partition coefficient (Wildman–Crippen LogP) is 1.62. The maximum absolute atomic E-state index is 12.5. The van der Waals surface area contributed by atoms with E-state index in [0.717, 1.165) is 12.0 Å². The fourth-order valence-electron chi connectivity index (χ4n) is 3.15. The molecule has 1 amide bonds. The second kappa shape index (κ2) is 7.55. The lowest BCUT2D eigenvalue weighted by Gasteiger charge is -2.39. The Labute approximate surface area is 137 Å². The molecule has 0 spiro atoms. The lowest BCUT2D eigenvalue weighted by Crippen LogP contribution is -2.51. The van der Waals surface area contributed by atoms with Crippen molar-refractivity contribution in [1.29, 1.82) is 0 Å². The van der Waals surface area contributed by atoms with Crippen LogP contribution in [0.5, 0.6) is 0 Å². The number of likely N-dealkylation sites (N-methyl/N-ethyl adjacent to an activating group) is 1. The zero-order chi connectivity index (χ0) is 16.9. The van der Waals surface area contributed by atoms with E-state index in [1.165, 1.54) is 0 Å². The van der Waals surface area contributed by atoms with Gasteiger partial charge in [0.25, 0.3) is 0 Å². The summed E-state index contributed by atoms with van der Waals surface area (Å²) in [6.45, 7) is 3.78. The van der Waals surface area contributed by atoms with E-state index in [2.05, 4.69) is 4.98 Å². The zero-order valence-corrected chi connectivity index (χ0v) is 13.9. The highest BCUT2D eigenvalue weighted by Gasteiger charge is 2.42. The van der Waals surface area contributed by atoms with E-state index >= 15 is 0 Å². The first kappa shape index (κ1) is 17.4. The molecule has 1 aliphatic heterocycles. The van der Waals surface area contributed by atoms with Crippen LogP contribution in [0.2, 0.25) is 0 Å². The molecule has 23 heavy (non-hydrogen) atoms. The van der Waals surface area contributed by atoms with E-state index in [4.69, 9.17) is 0 Å². The first-order valence-corrected chi connectivity index (χ1v) is 8.05. The summed E-state index contributed by atoms with van der Waals surface area (Å²) < 4.78 is 0. The van der Waals surface area contributed by atoms with E-state index < -0.39 is 11.4 Å². The summed E-state index contributed by atoms with van der Waals surface area (Å²) in [5, 5.41) is 9.51. The quantitative estimate of drug-likeness (QED) is 0.862. The Kier molecular flexibility index (Phi) is 5.71. The lowest BCUT2D eigenvalue weighted by molar-refractivity contribution is -0.155. The van der Waals surface area contributed by atoms with E-state index in [0.29, 0.717) is 32.5 Å². The number of rotatable bonds is 6. The van der Waals surface area contributed by atoms with Crippen LogP contribution in [-0.2, 0) is 16.1 Å². The van der Waals surface area contributed by atoms with Crippen LogP contribution in [-0.4, -0.2) is 58.4 Å². The van der Waals surface area contributed by atoms with Gasteiger partial charge in [0.1, 0.15) is 0 Å². The van der Waals surface area contributed by atoms with E-state index in [1.54, 1.807) is 17.3 Å². The van der Waals surface area contributed by atoms with Crippen molar-refractivity contribution in [2.75, 3.05) is 26.7 Å². The second-order valence-corrected chi connectivity index (χ2v) is 6.39. The van der Waals surface area contributed by atoms with Crippen molar-refractivity contribution in [2.24, 2.45) is 5.41 Å². The van der Waals surface area contributed by atoms with Crippen LogP contribution in [0.4, 0.5) is 0 Å². The summed E-state index contributed by atoms with van der Waals surface area (Å²) in [4.78, 5) is 31.8. The summed E-state index contributed by atoms with van der Waals surface area (Å²) in [5.41, 5.74) is 0.269. The highest BCUT2D eigenvalue weighted by molar-refractivity contribution is 5.81. The number of carbonyl (C=O) groups excluding carboxylic acids is 1. The molecule has 126 valence electrons. The van der Waals surface area contributed by atoms with Gasteiger partial charge in [-0.2, -0.15) is 0 Å². The number of likely N-dealkylation sites (tertiary alicyclic amines) is 1. The number of hydrogen-bond acceptors (Lipinski definition) is 4. The average molecular weight is 319 g/mol. The van der Waals surface area contributed by atoms with E-state index in [9.17, 15) is 14.7 Å². The van der Waals surface area contributed by atoms with Gasteiger partial charge in [-0.3, -0.25) is 19.5 Å². The molecule has 6 nitrogen and oxygen atoms in total. The number of carboxylic acid groups (broad SMARTS) is 1. The standard InChI is InChI=1S/C17H25N3O3/c1-3-17(16(22)23)7-5-9-20(13-17)15(21)12-19(2)11-14-6-4-8-18-10-14/h4,6,8,10H,3,5,7,9,11-13H2,1-2H3,(H,22,23)/t17-/m1/s1. The molecule has 0 bridgehead atoms. The molecule has 6 heteroatoms. The third kappa shape index (κ3) is 4.28. The fraction of sp³-hybridized carbons (Fsp3) is 0.588. The monoisotopic (exact) mass is 319 g/mol. The molecule has 0 radical (unpaired) electrons. The first-order valence-electron chi connectivity index (χ1n) is 8.05. The van der Waals surface area contributed by atoms with E-state index in [1.807, 2.05) is 31.0 Å². The predicted molar refractivity (Wildman–Crippen MR) is 86.7 cm³/mol. The minimum Gasteiger partial charge on any atom is -0.481 e. The average Bonchev–Trinajstić information content (AvgIpc) is 2.55. The Morgan fingerprint density at radius 1 is 1.48 bits per heavy atom. The van der Waals surface area contributed by atoms with Crippen molar-refractivity contribution in [3.8, 4) is 0 Å². The zero-order valence-electron chi connectivity index (χ0n) is 13.9. The molecule has 1 fully saturated rings. The molecule has 0 aliphatic carbocycles. The molecule has 0 unspecified atom stereocenters. The maximum Gasteiger partial charge on any atom is 0.311 e. The smallest absolute Gasteiger partial charge is 0.311 e. The van der Waals surface area contributed by atoms with Crippen LogP contribution >= 0.6 is 0 Å². The molecule has 0 aromatic carbocycles. The largest absolute Gasteiger partial charge is 0.481 e. The van der Waals surface area contributed by atoms with Gasteiger partial charge < -0.3 is 10.0 Å². The third-order valence-electron chi connectivity index (χ3n) is 4.64. The summed E-state index contributed by atoms with van der Waals surface area (Å²) in [6, 6.07) is 3.85. The number of pyridine rings is 1. The summed E-state index contributed by atoms with van der Waals surface area (Å²) >= 11 is 0. The minimum absolute atomic E-state index is 0.00448. The number of aliphatic carboxylic acids is 1. The normalized spacial score (nSPS) is 21.4. The highest BCUT2D eigenvalue weighted by atomic mass is 16.4. The maximum atomic E-state index is 12.5. The Bertz CT molecular complexity index is 549. The number of aromatic nitrogens is 1. The molecule has 1 aromatic rings. The molecule has 1 saturated heterocycles. The third-order valence-corrected chi connectivity index (χ3v) is 4.64. The Morgan fingerprint density at radius 2 is 2.26 bits per heavy atom. The highest BCUT2D eigenvalue weighted by Crippen LogP contribution is 2.33. The molecule has 2 heterocycles. The van der Waals surface area contributed by atoms with Crippen LogP contribution in [0.1, 0.15) is 31.7 Å². The number of nitrogens with zero attached hydrogens (tertiary/aromatic N) is 3. The molecular formula is C17H25N3O3. The summed E-state index contributed by atoms with van der Waals surface area (Å²) in [5.74, 6) is -0.795. The van der Waals surface area contributed by atoms with Gasteiger partial charge in [0.05, 0.1) is 12.0 Å². The lowest BCUT2D eigenvalue weighted by atomic mass is 9.77. The number of carboxylic acids is 1. The Hall–Kier alpha value is -1.95. The summed E-state index contributed by atoms with van der Waals surface area (Å²) in [7, 11) is 1.89. The Balaban J connectivity index is 1.93. The van der Waals surface area contributed by atoms with Crippen LogP contribution in [0.15, 0.2) is 24.5 Å². The van der Waals surface area contributed by atoms with E-state index in [-0.39, 0.29) is 12.5 Å². The van der Waals surface area contributed by atoms with Crippen LogP contribution < -0.4 is 0 Å². The van der Waals surface area contributed by atoms with Gasteiger partial charge in [0, 0.05) is 32.0 Å². The molecule has 0 saturated carbocycles. The topological polar surface area (TPSA) is 73.7 Å². The van der Waals surface area contributed by atoms with Crippen LogP contribution in [0.25, 0.3) is 0 Å². The summed E-state index contributed by atoms with van der Waals surface area (Å²) in [6.07, 6.45) is 5.46. The molecular weight excluding hydrogens is 294 g/mol. The molecule has 1 aliphatic rings. The van der Waals surface area contributed by atoms with Gasteiger partial charge in [0.2, 0.25) is 5.91 Å². The van der Waals surface area contributed by atoms with Gasteiger partial charge in [0.15, 0.2) is 0 Å². The SMILES string of the molecule is CC[C@@]1(C(=O)O)CCCN(C(=O)CN(C)Cc2cccnc2)C1. The van der Waals surface area contributed by atoms with Gasteiger partial charge >= 0.3 is 5.97 Å². The van der Waals surface area contributed by atoms with Crippen molar-refractivity contribution >= 4 is 11.9 Å². The first-order chi connectivity index (χ1) is 11.0. The van der Waals surface area contributed by atoms with Gasteiger partial charge in [-0.1, -0.05) is 13.0 Å². The fourth-order valence-corrected chi connectivity index (χ4v) is 3.15. The van der Waals surface area contributed by atoms with Crippen molar-refractivity contribution in [3.05, 3.63) is 30.1 Å². The van der Waals surface area contributed by atoms with Crippen LogP contribution in [0, 0.1) is 5.41 Å². The van der Waals surface area contributed by atoms with Gasteiger partial charge in [-0.05, 0) is 37.9 Å².